The fourth-order valence-electron chi connectivity index (χ4n) is 2.51. The van der Waals surface area contributed by atoms with E-state index in [2.05, 4.69) is 10.5 Å². The molecule has 2 aromatic carbocycles. The van der Waals surface area contributed by atoms with Crippen molar-refractivity contribution in [2.45, 2.75) is 20.8 Å². The Kier molecular flexibility index (Phi) is 7.22. The first-order valence-electron chi connectivity index (χ1n) is 8.94. The summed E-state index contributed by atoms with van der Waals surface area (Å²) in [6.07, 6.45) is 2.42. The number of anilines is 1. The van der Waals surface area contributed by atoms with Crippen molar-refractivity contribution in [2.75, 3.05) is 23.7 Å². The van der Waals surface area contributed by atoms with Crippen LogP contribution in [0.2, 0.25) is 0 Å². The number of phenolic OH excluding ortho intramolecular Hbond substituents is 1. The van der Waals surface area contributed by atoms with Crippen LogP contribution in [0.1, 0.15) is 23.6 Å². The molecule has 9 heteroatoms. The number of nitrogens with one attached hydrogen (secondary N) is 1. The van der Waals surface area contributed by atoms with Gasteiger partial charge in [0.25, 0.3) is 5.91 Å². The van der Waals surface area contributed by atoms with Gasteiger partial charge in [0.1, 0.15) is 6.54 Å². The molecule has 0 radical (unpaired) electrons. The number of benzene rings is 2. The van der Waals surface area contributed by atoms with Crippen molar-refractivity contribution in [1.82, 2.24) is 5.43 Å². The first kappa shape index (κ1) is 22.2. The van der Waals surface area contributed by atoms with Gasteiger partial charge in [-0.05, 0) is 67.8 Å². The van der Waals surface area contributed by atoms with Crippen LogP contribution in [0.4, 0.5) is 5.69 Å². The second-order valence-corrected chi connectivity index (χ2v) is 8.40. The molecule has 0 atom stereocenters. The predicted molar refractivity (Wildman–Crippen MR) is 113 cm³/mol. The molecule has 0 aliphatic rings. The Bertz CT molecular complexity index is 1020. The number of nitrogens with zero attached hydrogens (tertiary/aromatic N) is 2. The van der Waals surface area contributed by atoms with Crippen LogP contribution < -0.4 is 14.5 Å². The highest BCUT2D eigenvalue weighted by molar-refractivity contribution is 7.92. The smallest absolute Gasteiger partial charge is 0.260 e. The number of carbonyl (C=O) groups excluding carboxylic acids is 1. The van der Waals surface area contributed by atoms with Gasteiger partial charge in [-0.15, -0.1) is 0 Å². The minimum Gasteiger partial charge on any atom is -0.504 e. The van der Waals surface area contributed by atoms with Gasteiger partial charge in [0.05, 0.1) is 24.8 Å². The van der Waals surface area contributed by atoms with E-state index >= 15 is 0 Å². The molecule has 0 bridgehead atoms. The van der Waals surface area contributed by atoms with Gasteiger partial charge in [-0.2, -0.15) is 5.10 Å². The number of rotatable bonds is 8. The van der Waals surface area contributed by atoms with E-state index in [9.17, 15) is 18.3 Å². The summed E-state index contributed by atoms with van der Waals surface area (Å²) in [6.45, 7) is 5.58. The van der Waals surface area contributed by atoms with E-state index in [0.717, 1.165) is 21.7 Å². The predicted octanol–water partition coefficient (Wildman–Crippen LogP) is 2.32. The summed E-state index contributed by atoms with van der Waals surface area (Å²) >= 11 is 0. The van der Waals surface area contributed by atoms with Crippen LogP contribution in [0.3, 0.4) is 0 Å². The third kappa shape index (κ3) is 6.21. The Hall–Kier alpha value is -3.07. The molecule has 0 unspecified atom stereocenters. The number of phenols is 1. The average molecular weight is 420 g/mol. The first-order valence-corrected chi connectivity index (χ1v) is 10.8. The maximum absolute atomic E-state index is 12.2. The van der Waals surface area contributed by atoms with Gasteiger partial charge < -0.3 is 9.84 Å². The summed E-state index contributed by atoms with van der Waals surface area (Å²) in [5.74, 6) is -0.278. The van der Waals surface area contributed by atoms with E-state index in [0.29, 0.717) is 23.6 Å². The van der Waals surface area contributed by atoms with Crippen LogP contribution in [0.5, 0.6) is 11.5 Å². The van der Waals surface area contributed by atoms with Crippen LogP contribution in [0.25, 0.3) is 0 Å². The average Bonchev–Trinajstić information content (AvgIpc) is 2.64. The van der Waals surface area contributed by atoms with E-state index in [-0.39, 0.29) is 5.75 Å². The van der Waals surface area contributed by atoms with Crippen LogP contribution in [0, 0.1) is 13.8 Å². The molecule has 1 amide bonds. The summed E-state index contributed by atoms with van der Waals surface area (Å²) in [4.78, 5) is 12.2. The number of aryl methyl sites for hydroxylation is 2. The number of sulfonamides is 1. The highest BCUT2D eigenvalue weighted by Crippen LogP contribution is 2.26. The van der Waals surface area contributed by atoms with Crippen molar-refractivity contribution in [2.24, 2.45) is 5.10 Å². The molecule has 156 valence electrons. The van der Waals surface area contributed by atoms with Crippen LogP contribution in [-0.4, -0.2) is 45.1 Å². The number of amides is 1. The largest absolute Gasteiger partial charge is 0.504 e. The molecule has 0 aromatic heterocycles. The lowest BCUT2D eigenvalue weighted by Crippen LogP contribution is -2.39. The molecule has 0 fully saturated rings. The summed E-state index contributed by atoms with van der Waals surface area (Å²) < 4.78 is 30.6. The van der Waals surface area contributed by atoms with Gasteiger partial charge in [-0.1, -0.05) is 6.07 Å². The van der Waals surface area contributed by atoms with E-state index in [1.54, 1.807) is 37.3 Å². The second kappa shape index (κ2) is 9.42. The molecule has 0 saturated heterocycles. The van der Waals surface area contributed by atoms with Crippen LogP contribution >= 0.6 is 0 Å². The third-order valence-corrected chi connectivity index (χ3v) is 5.29. The standard InChI is InChI=1S/C20H25N3O5S/c1-5-28-19-11-16(7-9-18(19)24)12-21-22-20(25)13-23(29(4,26)27)17-8-6-14(2)15(3)10-17/h6-12,24H,5,13H2,1-4H3,(H,22,25)/b21-12-. The molecule has 29 heavy (non-hydrogen) atoms. The Balaban J connectivity index is 2.10. The fraction of sp³-hybridized carbons (Fsp3) is 0.300. The second-order valence-electron chi connectivity index (χ2n) is 6.49. The number of ether oxygens (including phenoxy) is 1. The fourth-order valence-corrected chi connectivity index (χ4v) is 3.36. The SMILES string of the molecule is CCOc1cc(/C=N\NC(=O)CN(c2ccc(C)c(C)c2)S(C)(=O)=O)ccc1O. The van der Waals surface area contributed by atoms with Gasteiger partial charge in [-0.3, -0.25) is 9.10 Å². The van der Waals surface area contributed by atoms with Crippen molar-refractivity contribution in [3.63, 3.8) is 0 Å². The van der Waals surface area contributed by atoms with Crippen LogP contribution in [0.15, 0.2) is 41.5 Å². The maximum Gasteiger partial charge on any atom is 0.260 e. The normalized spacial score (nSPS) is 11.4. The molecule has 0 aliphatic heterocycles. The highest BCUT2D eigenvalue weighted by Gasteiger charge is 2.21. The van der Waals surface area contributed by atoms with Gasteiger partial charge in [0.2, 0.25) is 10.0 Å². The number of aromatic hydroxyl groups is 1. The molecule has 0 aliphatic carbocycles. The van der Waals surface area contributed by atoms with E-state index in [1.165, 1.54) is 12.3 Å². The molecule has 2 rings (SSSR count). The number of carbonyl (C=O) groups is 1. The Labute approximate surface area is 170 Å². The summed E-state index contributed by atoms with van der Waals surface area (Å²) in [6, 6.07) is 9.82. The van der Waals surface area contributed by atoms with E-state index in [1.807, 2.05) is 13.8 Å². The lowest BCUT2D eigenvalue weighted by molar-refractivity contribution is -0.119. The van der Waals surface area contributed by atoms with Crippen molar-refractivity contribution < 1.29 is 23.1 Å². The Morgan fingerprint density at radius 2 is 1.93 bits per heavy atom. The zero-order valence-corrected chi connectivity index (χ0v) is 17.7. The Morgan fingerprint density at radius 1 is 1.21 bits per heavy atom. The molecule has 0 heterocycles. The molecule has 0 spiro atoms. The zero-order chi connectivity index (χ0) is 21.6. The topological polar surface area (TPSA) is 108 Å². The van der Waals surface area contributed by atoms with Gasteiger partial charge in [0, 0.05) is 0 Å². The maximum atomic E-state index is 12.2. The van der Waals surface area contributed by atoms with E-state index in [4.69, 9.17) is 4.74 Å². The van der Waals surface area contributed by atoms with Gasteiger partial charge in [0.15, 0.2) is 11.5 Å². The third-order valence-electron chi connectivity index (χ3n) is 4.15. The van der Waals surface area contributed by atoms with E-state index < -0.39 is 22.5 Å². The number of hydrazone groups is 1. The molecule has 8 nitrogen and oxygen atoms in total. The lowest BCUT2D eigenvalue weighted by Gasteiger charge is -2.22. The van der Waals surface area contributed by atoms with Crippen LogP contribution in [-0.2, 0) is 14.8 Å². The molecule has 2 N–H and O–H groups in total. The highest BCUT2D eigenvalue weighted by atomic mass is 32.2. The number of hydrogen-bond donors (Lipinski definition) is 2. The van der Waals surface area contributed by atoms with Crippen molar-refractivity contribution in [1.29, 1.82) is 0 Å². The summed E-state index contributed by atoms with van der Waals surface area (Å²) in [5.41, 5.74) is 5.27. The van der Waals surface area contributed by atoms with Gasteiger partial charge >= 0.3 is 0 Å². The summed E-state index contributed by atoms with van der Waals surface area (Å²) in [5, 5.41) is 13.5. The lowest BCUT2D eigenvalue weighted by atomic mass is 10.1. The monoisotopic (exact) mass is 419 g/mol. The minimum atomic E-state index is -3.66. The summed E-state index contributed by atoms with van der Waals surface area (Å²) in [7, 11) is -3.66. The first-order chi connectivity index (χ1) is 13.6. The number of hydrogen-bond acceptors (Lipinski definition) is 6. The van der Waals surface area contributed by atoms with Crippen molar-refractivity contribution in [3.05, 3.63) is 53.1 Å². The quantitative estimate of drug-likeness (QED) is 0.504. The molecule has 2 aromatic rings. The van der Waals surface area contributed by atoms with Gasteiger partial charge in [-0.25, -0.2) is 13.8 Å². The van der Waals surface area contributed by atoms with Crippen molar-refractivity contribution in [3.8, 4) is 11.5 Å². The van der Waals surface area contributed by atoms with Crippen molar-refractivity contribution >= 4 is 27.8 Å². The molecule has 0 saturated carbocycles. The zero-order valence-electron chi connectivity index (χ0n) is 16.8. The molecular weight excluding hydrogens is 394 g/mol. The minimum absolute atomic E-state index is 0.00483. The Morgan fingerprint density at radius 3 is 2.55 bits per heavy atom. The molecular formula is C20H25N3O5S.